The number of nitrogens with zero attached hydrogens (tertiary/aromatic N) is 1. The first-order chi connectivity index (χ1) is 14.7. The van der Waals surface area contributed by atoms with Gasteiger partial charge in [-0.1, -0.05) is 54.6 Å². The van der Waals surface area contributed by atoms with Gasteiger partial charge in [0.15, 0.2) is 0 Å². The zero-order valence-corrected chi connectivity index (χ0v) is 17.0. The van der Waals surface area contributed by atoms with E-state index in [4.69, 9.17) is 0 Å². The molecule has 3 rings (SSSR count). The van der Waals surface area contributed by atoms with Crippen LogP contribution in [0.25, 0.3) is 11.1 Å². The molecule has 7 heteroatoms. The molecule has 2 amide bonds. The molecule has 31 heavy (non-hydrogen) atoms. The van der Waals surface area contributed by atoms with E-state index in [-0.39, 0.29) is 22.7 Å². The molecule has 4 nitrogen and oxygen atoms in total. The molecule has 0 unspecified atom stereocenters. The maximum Gasteiger partial charge on any atom is 0.417 e. The highest BCUT2D eigenvalue weighted by molar-refractivity contribution is 6.12. The van der Waals surface area contributed by atoms with Crippen LogP contribution in [-0.2, 0) is 6.18 Å². The smallest absolute Gasteiger partial charge is 0.342 e. The van der Waals surface area contributed by atoms with E-state index in [1.165, 1.54) is 29.2 Å². The van der Waals surface area contributed by atoms with E-state index >= 15 is 0 Å². The van der Waals surface area contributed by atoms with Gasteiger partial charge in [-0.15, -0.1) is 0 Å². The van der Waals surface area contributed by atoms with Gasteiger partial charge < -0.3 is 10.2 Å². The van der Waals surface area contributed by atoms with Crippen LogP contribution in [0.15, 0.2) is 72.8 Å². The van der Waals surface area contributed by atoms with E-state index in [2.05, 4.69) is 5.32 Å². The number of rotatable bonds is 5. The number of amides is 2. The Hall–Kier alpha value is -3.61. The highest BCUT2D eigenvalue weighted by Gasteiger charge is 2.36. The molecule has 0 spiro atoms. The Morgan fingerprint density at radius 1 is 0.903 bits per heavy atom. The molecule has 0 saturated heterocycles. The zero-order chi connectivity index (χ0) is 22.6. The average Bonchev–Trinajstić information content (AvgIpc) is 2.77. The van der Waals surface area contributed by atoms with E-state index in [0.717, 1.165) is 6.07 Å². The Morgan fingerprint density at radius 3 is 2.19 bits per heavy atom. The van der Waals surface area contributed by atoms with Crippen molar-refractivity contribution in [3.8, 4) is 11.1 Å². The standard InChI is InChI=1S/C24H21F3N2O2/c1-3-29(2)23(31)18-12-7-8-15-20(18)28-22(30)21-17(16-10-5-4-6-11-16)13-9-14-19(21)24(25,26)27/h4-15H,3H2,1-2H3,(H,28,30). The molecule has 1 N–H and O–H groups in total. The van der Waals surface area contributed by atoms with Gasteiger partial charge in [-0.05, 0) is 36.2 Å². The van der Waals surface area contributed by atoms with E-state index in [1.807, 2.05) is 0 Å². The Bertz CT molecular complexity index is 1100. The molecular formula is C24H21F3N2O2. The lowest BCUT2D eigenvalue weighted by Gasteiger charge is -2.19. The van der Waals surface area contributed by atoms with Gasteiger partial charge in [-0.3, -0.25) is 9.59 Å². The summed E-state index contributed by atoms with van der Waals surface area (Å²) >= 11 is 0. The van der Waals surface area contributed by atoms with Crippen molar-refractivity contribution in [2.75, 3.05) is 18.9 Å². The van der Waals surface area contributed by atoms with Gasteiger partial charge in [0, 0.05) is 13.6 Å². The molecular weight excluding hydrogens is 405 g/mol. The lowest BCUT2D eigenvalue weighted by molar-refractivity contribution is -0.137. The molecule has 0 atom stereocenters. The Kier molecular flexibility index (Phi) is 6.44. The Labute approximate surface area is 178 Å². The summed E-state index contributed by atoms with van der Waals surface area (Å²) < 4.78 is 41.3. The predicted molar refractivity (Wildman–Crippen MR) is 114 cm³/mol. The predicted octanol–water partition coefficient (Wildman–Crippen LogP) is 5.72. The molecule has 160 valence electrons. The monoisotopic (exact) mass is 426 g/mol. The second-order valence-corrected chi connectivity index (χ2v) is 6.91. The highest BCUT2D eigenvalue weighted by atomic mass is 19.4. The van der Waals surface area contributed by atoms with Gasteiger partial charge in [0.2, 0.25) is 0 Å². The maximum absolute atomic E-state index is 13.8. The van der Waals surface area contributed by atoms with Gasteiger partial charge in [-0.25, -0.2) is 0 Å². The number of hydrogen-bond acceptors (Lipinski definition) is 2. The number of carbonyl (C=O) groups is 2. The molecule has 0 heterocycles. The summed E-state index contributed by atoms with van der Waals surface area (Å²) in [6.07, 6.45) is -4.73. The van der Waals surface area contributed by atoms with E-state index < -0.39 is 23.2 Å². The summed E-state index contributed by atoms with van der Waals surface area (Å²) in [5.74, 6) is -1.28. The van der Waals surface area contributed by atoms with Gasteiger partial charge in [0.1, 0.15) is 0 Å². The lowest BCUT2D eigenvalue weighted by Crippen LogP contribution is -2.28. The molecule has 0 aromatic heterocycles. The fourth-order valence-corrected chi connectivity index (χ4v) is 3.20. The van der Waals surface area contributed by atoms with Crippen LogP contribution in [-0.4, -0.2) is 30.3 Å². The number of hydrogen-bond donors (Lipinski definition) is 1. The first-order valence-electron chi connectivity index (χ1n) is 9.65. The lowest BCUT2D eigenvalue weighted by atomic mass is 9.94. The van der Waals surface area contributed by atoms with E-state index in [9.17, 15) is 22.8 Å². The number of para-hydroxylation sites is 1. The summed E-state index contributed by atoms with van der Waals surface area (Å²) in [5.41, 5.74) is -0.552. The third-order valence-electron chi connectivity index (χ3n) is 4.91. The number of anilines is 1. The first-order valence-corrected chi connectivity index (χ1v) is 9.65. The number of alkyl halides is 3. The topological polar surface area (TPSA) is 49.4 Å². The minimum absolute atomic E-state index is 0.147. The van der Waals surface area contributed by atoms with E-state index in [0.29, 0.717) is 12.1 Å². The van der Waals surface area contributed by atoms with Crippen molar-refractivity contribution in [2.45, 2.75) is 13.1 Å². The normalized spacial score (nSPS) is 11.1. The fraction of sp³-hybridized carbons (Fsp3) is 0.167. The summed E-state index contributed by atoms with van der Waals surface area (Å²) in [6.45, 7) is 2.24. The van der Waals surface area contributed by atoms with Crippen molar-refractivity contribution in [2.24, 2.45) is 0 Å². The largest absolute Gasteiger partial charge is 0.417 e. The number of nitrogens with one attached hydrogen (secondary N) is 1. The quantitative estimate of drug-likeness (QED) is 0.568. The molecule has 0 aliphatic carbocycles. The summed E-state index contributed by atoms with van der Waals surface area (Å²) in [6, 6.07) is 18.3. The SMILES string of the molecule is CCN(C)C(=O)c1ccccc1NC(=O)c1c(-c2ccccc2)cccc1C(F)(F)F. The molecule has 3 aromatic carbocycles. The van der Waals surface area contributed by atoms with Crippen LogP contribution in [0, 0.1) is 0 Å². The molecule has 0 bridgehead atoms. The van der Waals surface area contributed by atoms with Gasteiger partial charge in [0.05, 0.1) is 22.4 Å². The highest BCUT2D eigenvalue weighted by Crippen LogP contribution is 2.37. The molecule has 3 aromatic rings. The van der Waals surface area contributed by atoms with Gasteiger partial charge in [-0.2, -0.15) is 13.2 Å². The number of halogens is 3. The third kappa shape index (κ3) is 4.77. The van der Waals surface area contributed by atoms with Crippen LogP contribution >= 0.6 is 0 Å². The Morgan fingerprint density at radius 2 is 1.55 bits per heavy atom. The second-order valence-electron chi connectivity index (χ2n) is 6.91. The van der Waals surface area contributed by atoms with Crippen molar-refractivity contribution < 1.29 is 22.8 Å². The second kappa shape index (κ2) is 9.04. The van der Waals surface area contributed by atoms with Crippen LogP contribution in [0.2, 0.25) is 0 Å². The first kappa shape index (κ1) is 22.1. The minimum atomic E-state index is -4.73. The number of carbonyl (C=O) groups excluding carboxylic acids is 2. The van der Waals surface area contributed by atoms with Crippen LogP contribution in [0.3, 0.4) is 0 Å². The van der Waals surface area contributed by atoms with Crippen LogP contribution < -0.4 is 5.32 Å². The maximum atomic E-state index is 13.8. The van der Waals surface area contributed by atoms with Crippen molar-refractivity contribution in [1.82, 2.24) is 4.90 Å². The van der Waals surface area contributed by atoms with Crippen molar-refractivity contribution in [3.63, 3.8) is 0 Å². The van der Waals surface area contributed by atoms with Gasteiger partial charge in [0.25, 0.3) is 11.8 Å². The van der Waals surface area contributed by atoms with Gasteiger partial charge >= 0.3 is 6.18 Å². The van der Waals surface area contributed by atoms with Crippen molar-refractivity contribution in [1.29, 1.82) is 0 Å². The number of benzene rings is 3. The summed E-state index contributed by atoms with van der Waals surface area (Å²) in [4.78, 5) is 27.2. The minimum Gasteiger partial charge on any atom is -0.342 e. The van der Waals surface area contributed by atoms with Crippen LogP contribution in [0.5, 0.6) is 0 Å². The Balaban J connectivity index is 2.10. The molecule has 0 saturated carbocycles. The molecule has 0 aliphatic rings. The fourth-order valence-electron chi connectivity index (χ4n) is 3.20. The summed E-state index contributed by atoms with van der Waals surface area (Å²) in [7, 11) is 1.60. The third-order valence-corrected chi connectivity index (χ3v) is 4.91. The van der Waals surface area contributed by atoms with Crippen molar-refractivity contribution in [3.05, 3.63) is 89.5 Å². The zero-order valence-electron chi connectivity index (χ0n) is 17.0. The van der Waals surface area contributed by atoms with Crippen LogP contribution in [0.1, 0.15) is 33.2 Å². The summed E-state index contributed by atoms with van der Waals surface area (Å²) in [5, 5.41) is 2.52. The van der Waals surface area contributed by atoms with Crippen molar-refractivity contribution >= 4 is 17.5 Å². The van der Waals surface area contributed by atoms with Crippen LogP contribution in [0.4, 0.5) is 18.9 Å². The molecule has 0 aliphatic heterocycles. The molecule has 0 radical (unpaired) electrons. The molecule has 0 fully saturated rings. The van der Waals surface area contributed by atoms with E-state index in [1.54, 1.807) is 56.4 Å². The average molecular weight is 426 g/mol.